The zero-order valence-electron chi connectivity index (χ0n) is 21.7. The van der Waals surface area contributed by atoms with Crippen molar-refractivity contribution in [1.29, 1.82) is 0 Å². The van der Waals surface area contributed by atoms with Gasteiger partial charge in [-0.05, 0) is 96.8 Å². The van der Waals surface area contributed by atoms with Crippen LogP contribution < -0.4 is 11.1 Å². The Labute approximate surface area is 211 Å². The summed E-state index contributed by atoms with van der Waals surface area (Å²) in [6.45, 7) is 12.4. The second-order valence-electron chi connectivity index (χ2n) is 11.8. The van der Waals surface area contributed by atoms with Crippen molar-refractivity contribution in [1.82, 2.24) is 15.1 Å². The standard InChI is InChI=1S/C15H26N2O3.C10H18N2O.ClH/c1-11(16-13(19)20-14(2,3)4)12(18)17-9-7-15(5-6-15)8-10-17;1-8(11)9(13)12-6-4-10(2-3-10)5-7-12;/h11H,5-10H2,1-4H3,(H,16,19);8H,2-7,11H2,1H3;1H. The highest BCUT2D eigenvalue weighted by molar-refractivity contribution is 5.86. The maximum Gasteiger partial charge on any atom is 0.408 e. The van der Waals surface area contributed by atoms with Crippen LogP contribution in [0.3, 0.4) is 0 Å². The Balaban J connectivity index is 0.000000253. The van der Waals surface area contributed by atoms with Crippen molar-refractivity contribution >= 4 is 30.3 Å². The number of halogens is 1. The third-order valence-corrected chi connectivity index (χ3v) is 7.68. The van der Waals surface area contributed by atoms with Crippen molar-refractivity contribution in [3.05, 3.63) is 0 Å². The number of nitrogens with two attached hydrogens (primary N) is 1. The van der Waals surface area contributed by atoms with Gasteiger partial charge in [0.1, 0.15) is 11.6 Å². The molecule has 2 unspecified atom stereocenters. The Hall–Kier alpha value is -1.54. The highest BCUT2D eigenvalue weighted by atomic mass is 35.5. The van der Waals surface area contributed by atoms with Gasteiger partial charge < -0.3 is 25.6 Å². The topological polar surface area (TPSA) is 105 Å². The molecule has 4 aliphatic rings. The highest BCUT2D eigenvalue weighted by Gasteiger charge is 2.46. The summed E-state index contributed by atoms with van der Waals surface area (Å²) < 4.78 is 5.17. The van der Waals surface area contributed by atoms with Crippen molar-refractivity contribution in [2.45, 2.75) is 104 Å². The first-order valence-electron chi connectivity index (χ1n) is 12.7. The molecule has 34 heavy (non-hydrogen) atoms. The molecule has 9 heteroatoms. The molecular formula is C25H45ClN4O4. The lowest BCUT2D eigenvalue weighted by molar-refractivity contribution is -0.135. The van der Waals surface area contributed by atoms with E-state index in [-0.39, 0.29) is 30.3 Å². The fourth-order valence-electron chi connectivity index (χ4n) is 4.86. The van der Waals surface area contributed by atoms with E-state index in [9.17, 15) is 14.4 Å². The molecule has 2 atom stereocenters. The number of nitrogens with zero attached hydrogens (tertiary/aromatic N) is 2. The van der Waals surface area contributed by atoms with Crippen LogP contribution in [0.15, 0.2) is 0 Å². The van der Waals surface area contributed by atoms with Crippen LogP contribution in [0.5, 0.6) is 0 Å². The summed E-state index contributed by atoms with van der Waals surface area (Å²) in [5, 5.41) is 2.62. The normalized spacial score (nSPS) is 23.6. The van der Waals surface area contributed by atoms with Gasteiger partial charge in [-0.15, -0.1) is 12.4 Å². The molecule has 2 spiro atoms. The van der Waals surface area contributed by atoms with Gasteiger partial charge >= 0.3 is 6.09 Å². The molecule has 4 rings (SSSR count). The minimum Gasteiger partial charge on any atom is -0.444 e. The van der Waals surface area contributed by atoms with E-state index < -0.39 is 17.7 Å². The van der Waals surface area contributed by atoms with Crippen LogP contribution in [-0.2, 0) is 14.3 Å². The first kappa shape index (κ1) is 28.7. The van der Waals surface area contributed by atoms with Gasteiger partial charge in [0.25, 0.3) is 0 Å². The number of carbonyl (C=O) groups is 3. The monoisotopic (exact) mass is 500 g/mol. The van der Waals surface area contributed by atoms with Gasteiger partial charge in [0.2, 0.25) is 11.8 Å². The van der Waals surface area contributed by atoms with Crippen LogP contribution in [0.25, 0.3) is 0 Å². The van der Waals surface area contributed by atoms with Gasteiger partial charge in [-0.25, -0.2) is 4.79 Å². The number of ether oxygens (including phenoxy) is 1. The molecule has 2 saturated carbocycles. The number of nitrogens with one attached hydrogen (secondary N) is 1. The van der Waals surface area contributed by atoms with Crippen molar-refractivity contribution in [3.63, 3.8) is 0 Å². The van der Waals surface area contributed by atoms with Gasteiger partial charge in [-0.1, -0.05) is 0 Å². The van der Waals surface area contributed by atoms with E-state index in [0.29, 0.717) is 10.8 Å². The predicted octanol–water partition coefficient (Wildman–Crippen LogP) is 3.46. The van der Waals surface area contributed by atoms with Gasteiger partial charge in [-0.3, -0.25) is 9.59 Å². The lowest BCUT2D eigenvalue weighted by Gasteiger charge is -2.34. The van der Waals surface area contributed by atoms with Crippen LogP contribution in [0.4, 0.5) is 4.79 Å². The molecule has 0 bridgehead atoms. The Bertz CT molecular complexity index is 724. The van der Waals surface area contributed by atoms with E-state index in [1.54, 1.807) is 34.6 Å². The molecular weight excluding hydrogens is 456 g/mol. The van der Waals surface area contributed by atoms with Gasteiger partial charge in [0.05, 0.1) is 6.04 Å². The molecule has 196 valence electrons. The summed E-state index contributed by atoms with van der Waals surface area (Å²) in [4.78, 5) is 39.3. The Morgan fingerprint density at radius 2 is 1.18 bits per heavy atom. The molecule has 2 aliphatic heterocycles. The summed E-state index contributed by atoms with van der Waals surface area (Å²) in [6.07, 6.45) is 9.49. The Morgan fingerprint density at radius 1 is 0.794 bits per heavy atom. The fourth-order valence-corrected chi connectivity index (χ4v) is 4.86. The van der Waals surface area contributed by atoms with Gasteiger partial charge in [0, 0.05) is 26.2 Å². The summed E-state index contributed by atoms with van der Waals surface area (Å²) in [6, 6.07) is -0.855. The van der Waals surface area contributed by atoms with Gasteiger partial charge in [-0.2, -0.15) is 0 Å². The fraction of sp³-hybridized carbons (Fsp3) is 0.880. The molecule has 8 nitrogen and oxygen atoms in total. The first-order chi connectivity index (χ1) is 15.3. The molecule has 2 saturated heterocycles. The molecule has 0 aromatic heterocycles. The van der Waals surface area contributed by atoms with E-state index in [0.717, 1.165) is 39.0 Å². The number of hydrogen-bond acceptors (Lipinski definition) is 5. The number of rotatable bonds is 3. The van der Waals surface area contributed by atoms with Crippen molar-refractivity contribution < 1.29 is 19.1 Å². The molecule has 3 N–H and O–H groups in total. The summed E-state index contributed by atoms with van der Waals surface area (Å²) in [5.41, 5.74) is 6.22. The Morgan fingerprint density at radius 3 is 1.50 bits per heavy atom. The second-order valence-corrected chi connectivity index (χ2v) is 11.8. The maximum absolute atomic E-state index is 12.3. The van der Waals surface area contributed by atoms with E-state index in [2.05, 4.69) is 5.32 Å². The predicted molar refractivity (Wildman–Crippen MR) is 135 cm³/mol. The van der Waals surface area contributed by atoms with Crippen LogP contribution in [-0.4, -0.2) is 71.6 Å². The van der Waals surface area contributed by atoms with E-state index in [1.165, 1.54) is 38.5 Å². The molecule has 0 aromatic carbocycles. The maximum atomic E-state index is 12.3. The molecule has 3 amide bonds. The SMILES string of the molecule is CC(N)C(=O)N1CCC2(CC1)CC2.CC(NC(=O)OC(C)(C)C)C(=O)N1CCC2(CC1)CC2.Cl. The molecule has 2 heterocycles. The molecule has 0 aromatic rings. The Kier molecular flexibility index (Phi) is 9.30. The quantitative estimate of drug-likeness (QED) is 0.617. The van der Waals surface area contributed by atoms with Crippen LogP contribution in [0.1, 0.15) is 86.0 Å². The van der Waals surface area contributed by atoms with E-state index >= 15 is 0 Å². The number of alkyl carbamates (subject to hydrolysis) is 1. The third-order valence-electron chi connectivity index (χ3n) is 7.68. The summed E-state index contributed by atoms with van der Waals surface area (Å²) in [7, 11) is 0. The summed E-state index contributed by atoms with van der Waals surface area (Å²) >= 11 is 0. The molecule has 2 aliphatic carbocycles. The third kappa shape index (κ3) is 8.01. The second kappa shape index (κ2) is 11.0. The number of amides is 3. The molecule has 4 fully saturated rings. The lowest BCUT2D eigenvalue weighted by Crippen LogP contribution is -2.50. The van der Waals surface area contributed by atoms with Crippen molar-refractivity contribution in [2.24, 2.45) is 16.6 Å². The zero-order valence-corrected chi connectivity index (χ0v) is 22.5. The molecule has 0 radical (unpaired) electrons. The first-order valence-corrected chi connectivity index (χ1v) is 12.7. The summed E-state index contributed by atoms with van der Waals surface area (Å²) in [5.74, 6) is 0.113. The van der Waals surface area contributed by atoms with E-state index in [1.807, 2.05) is 9.80 Å². The lowest BCUT2D eigenvalue weighted by atomic mass is 9.93. The van der Waals surface area contributed by atoms with Crippen LogP contribution >= 0.6 is 12.4 Å². The zero-order chi connectivity index (χ0) is 24.4. The average molecular weight is 501 g/mol. The smallest absolute Gasteiger partial charge is 0.408 e. The van der Waals surface area contributed by atoms with Crippen LogP contribution in [0.2, 0.25) is 0 Å². The van der Waals surface area contributed by atoms with Crippen LogP contribution in [0, 0.1) is 10.8 Å². The largest absolute Gasteiger partial charge is 0.444 e. The number of carbonyl (C=O) groups excluding carboxylic acids is 3. The number of piperidine rings is 2. The number of likely N-dealkylation sites (tertiary alicyclic amines) is 2. The highest BCUT2D eigenvalue weighted by Crippen LogP contribution is 2.54. The van der Waals surface area contributed by atoms with Crippen molar-refractivity contribution in [3.8, 4) is 0 Å². The van der Waals surface area contributed by atoms with Crippen molar-refractivity contribution in [2.75, 3.05) is 26.2 Å². The van der Waals surface area contributed by atoms with E-state index in [4.69, 9.17) is 10.5 Å². The number of hydrogen-bond donors (Lipinski definition) is 2. The minimum absolute atomic E-state index is 0. The minimum atomic E-state index is -0.545. The average Bonchev–Trinajstić information content (AvgIpc) is 3.66. The van der Waals surface area contributed by atoms with Gasteiger partial charge in [0.15, 0.2) is 0 Å².